The molecule has 3 heterocycles. The van der Waals surface area contributed by atoms with Gasteiger partial charge in [0.25, 0.3) is 0 Å². The molecule has 0 bridgehead atoms. The van der Waals surface area contributed by atoms with Crippen molar-refractivity contribution in [2.45, 2.75) is 19.9 Å². The first-order chi connectivity index (χ1) is 10.1. The number of nitrogens with zero attached hydrogens (tertiary/aromatic N) is 5. The highest BCUT2D eigenvalue weighted by Crippen LogP contribution is 2.19. The summed E-state index contributed by atoms with van der Waals surface area (Å²) in [5, 5.41) is 10.8. The monoisotopic (exact) mass is 290 g/mol. The Kier molecular flexibility index (Phi) is 3.38. The number of rotatable bonds is 4. The predicted molar refractivity (Wildman–Crippen MR) is 71.8 cm³/mol. The van der Waals surface area contributed by atoms with Crippen LogP contribution >= 0.6 is 0 Å². The molecule has 1 saturated heterocycles. The number of carbonyl (C=O) groups is 1. The van der Waals surface area contributed by atoms with Gasteiger partial charge in [-0.05, 0) is 13.0 Å². The maximum atomic E-state index is 11.5. The molecule has 0 aliphatic carbocycles. The lowest BCUT2D eigenvalue weighted by atomic mass is 10.3. The normalized spacial score (nSPS) is 15.9. The summed E-state index contributed by atoms with van der Waals surface area (Å²) in [6.45, 7) is 4.42. The van der Waals surface area contributed by atoms with Crippen LogP contribution in [0.1, 0.15) is 24.7 Å². The van der Waals surface area contributed by atoms with Crippen LogP contribution in [0.2, 0.25) is 0 Å². The fraction of sp³-hybridized carbons (Fsp3) is 0.417. The average Bonchev–Trinajstić information content (AvgIpc) is 3.08. The quantitative estimate of drug-likeness (QED) is 0.897. The van der Waals surface area contributed by atoms with E-state index in [0.29, 0.717) is 36.7 Å². The van der Waals surface area contributed by atoms with Crippen molar-refractivity contribution >= 4 is 17.9 Å². The van der Waals surface area contributed by atoms with E-state index in [1.54, 1.807) is 19.2 Å². The second-order valence-electron chi connectivity index (χ2n) is 4.53. The van der Waals surface area contributed by atoms with Gasteiger partial charge in [-0.2, -0.15) is 4.98 Å². The number of hydrogen-bond acceptors (Lipinski definition) is 8. The molecule has 0 spiro atoms. The van der Waals surface area contributed by atoms with E-state index in [9.17, 15) is 4.79 Å². The first-order valence-electron chi connectivity index (χ1n) is 6.47. The van der Waals surface area contributed by atoms with Crippen molar-refractivity contribution in [3.63, 3.8) is 0 Å². The molecule has 0 saturated carbocycles. The predicted octanol–water partition coefficient (Wildman–Crippen LogP) is 1.30. The summed E-state index contributed by atoms with van der Waals surface area (Å²) in [5.74, 6) is 1.80. The number of hydrogen-bond donors (Lipinski definition) is 1. The van der Waals surface area contributed by atoms with E-state index in [4.69, 9.17) is 9.15 Å². The molecule has 1 amide bonds. The molecule has 1 N–H and O–H groups in total. The summed E-state index contributed by atoms with van der Waals surface area (Å²) < 4.78 is 10.2. The number of nitrogens with one attached hydrogen (secondary N) is 1. The summed E-state index contributed by atoms with van der Waals surface area (Å²) in [5.41, 5.74) is 0. The Morgan fingerprint density at radius 1 is 1.43 bits per heavy atom. The van der Waals surface area contributed by atoms with Crippen LogP contribution in [-0.4, -0.2) is 39.4 Å². The van der Waals surface area contributed by atoms with Crippen LogP contribution in [0.5, 0.6) is 0 Å². The Hall–Kier alpha value is -2.71. The van der Waals surface area contributed by atoms with Gasteiger partial charge >= 0.3 is 6.09 Å². The van der Waals surface area contributed by atoms with Gasteiger partial charge in [0.15, 0.2) is 0 Å². The highest BCUT2D eigenvalue weighted by molar-refractivity contribution is 5.88. The number of carbonyl (C=O) groups excluding carboxylic acids is 1. The van der Waals surface area contributed by atoms with Crippen LogP contribution in [0.3, 0.4) is 0 Å². The van der Waals surface area contributed by atoms with E-state index in [-0.39, 0.29) is 6.04 Å². The summed E-state index contributed by atoms with van der Waals surface area (Å²) in [6.07, 6.45) is 1.17. The van der Waals surface area contributed by atoms with E-state index >= 15 is 0 Å². The Bertz CT molecular complexity index is 658. The molecule has 21 heavy (non-hydrogen) atoms. The molecule has 2 aromatic heterocycles. The Morgan fingerprint density at radius 3 is 2.95 bits per heavy atom. The Morgan fingerprint density at radius 2 is 2.29 bits per heavy atom. The molecule has 110 valence electrons. The lowest BCUT2D eigenvalue weighted by Crippen LogP contribution is -2.25. The SMILES string of the molecule is Cc1nnc(C(C)Nc2nccc(N3CCOC3=O)n2)o1. The van der Waals surface area contributed by atoms with Crippen LogP contribution < -0.4 is 10.2 Å². The summed E-state index contributed by atoms with van der Waals surface area (Å²) in [6, 6.07) is 1.41. The minimum atomic E-state index is -0.403. The van der Waals surface area contributed by atoms with Gasteiger partial charge < -0.3 is 14.5 Å². The molecule has 9 heteroatoms. The molecule has 0 aromatic carbocycles. The summed E-state index contributed by atoms with van der Waals surface area (Å²) in [7, 11) is 0. The van der Waals surface area contributed by atoms with Crippen LogP contribution in [-0.2, 0) is 4.74 Å². The molecule has 0 radical (unpaired) electrons. The standard InChI is InChI=1S/C12H14N6O3/c1-7(10-17-16-8(2)21-10)14-11-13-4-3-9(15-11)18-5-6-20-12(18)19/h3-4,7H,5-6H2,1-2H3,(H,13,14,15). The van der Waals surface area contributed by atoms with E-state index in [1.165, 1.54) is 4.90 Å². The van der Waals surface area contributed by atoms with Gasteiger partial charge in [-0.1, -0.05) is 0 Å². The number of aromatic nitrogens is 4. The lowest BCUT2D eigenvalue weighted by Gasteiger charge is -2.14. The van der Waals surface area contributed by atoms with Crippen molar-refractivity contribution in [2.75, 3.05) is 23.4 Å². The second kappa shape index (κ2) is 5.35. The molecule has 9 nitrogen and oxygen atoms in total. The summed E-state index contributed by atoms with van der Waals surface area (Å²) in [4.78, 5) is 21.4. The van der Waals surface area contributed by atoms with Crippen molar-refractivity contribution in [2.24, 2.45) is 0 Å². The van der Waals surface area contributed by atoms with Gasteiger partial charge in [0.1, 0.15) is 18.5 Å². The smallest absolute Gasteiger partial charge is 0.415 e. The zero-order chi connectivity index (χ0) is 14.8. The minimum absolute atomic E-state index is 0.244. The topological polar surface area (TPSA) is 106 Å². The van der Waals surface area contributed by atoms with Crippen LogP contribution in [0.15, 0.2) is 16.7 Å². The molecular formula is C12H14N6O3. The average molecular weight is 290 g/mol. The molecule has 1 aliphatic rings. The third-order valence-electron chi connectivity index (χ3n) is 2.94. The fourth-order valence-corrected chi connectivity index (χ4v) is 1.91. The van der Waals surface area contributed by atoms with E-state index in [1.807, 2.05) is 6.92 Å². The van der Waals surface area contributed by atoms with E-state index in [0.717, 1.165) is 0 Å². The molecule has 3 rings (SSSR count). The number of amides is 1. The third kappa shape index (κ3) is 2.76. The lowest BCUT2D eigenvalue weighted by molar-refractivity contribution is 0.181. The largest absolute Gasteiger partial charge is 0.447 e. The second-order valence-corrected chi connectivity index (χ2v) is 4.53. The van der Waals surface area contributed by atoms with Crippen molar-refractivity contribution in [1.29, 1.82) is 0 Å². The van der Waals surface area contributed by atoms with Crippen molar-refractivity contribution < 1.29 is 13.9 Å². The first kappa shape index (κ1) is 13.3. The molecule has 1 atom stereocenters. The highest BCUT2D eigenvalue weighted by atomic mass is 16.6. The van der Waals surface area contributed by atoms with Gasteiger partial charge in [-0.25, -0.2) is 9.78 Å². The van der Waals surface area contributed by atoms with Crippen LogP contribution in [0.25, 0.3) is 0 Å². The zero-order valence-electron chi connectivity index (χ0n) is 11.6. The highest BCUT2D eigenvalue weighted by Gasteiger charge is 2.25. The molecule has 2 aromatic rings. The van der Waals surface area contributed by atoms with Crippen LogP contribution in [0.4, 0.5) is 16.6 Å². The van der Waals surface area contributed by atoms with Gasteiger partial charge in [-0.15, -0.1) is 10.2 Å². The molecule has 1 fully saturated rings. The number of ether oxygens (including phenoxy) is 1. The fourth-order valence-electron chi connectivity index (χ4n) is 1.91. The van der Waals surface area contributed by atoms with Gasteiger partial charge in [0, 0.05) is 13.1 Å². The first-order valence-corrected chi connectivity index (χ1v) is 6.47. The van der Waals surface area contributed by atoms with E-state index < -0.39 is 6.09 Å². The van der Waals surface area contributed by atoms with Crippen molar-refractivity contribution in [3.8, 4) is 0 Å². The Labute approximate surface area is 120 Å². The van der Waals surface area contributed by atoms with Gasteiger partial charge in [-0.3, -0.25) is 4.90 Å². The van der Waals surface area contributed by atoms with Crippen molar-refractivity contribution in [1.82, 2.24) is 20.2 Å². The third-order valence-corrected chi connectivity index (χ3v) is 2.94. The van der Waals surface area contributed by atoms with Crippen molar-refractivity contribution in [3.05, 3.63) is 24.0 Å². The number of aryl methyl sites for hydroxylation is 1. The number of cyclic esters (lactones) is 1. The maximum absolute atomic E-state index is 11.5. The van der Waals surface area contributed by atoms with Gasteiger partial charge in [0.2, 0.25) is 17.7 Å². The Balaban J connectivity index is 1.75. The zero-order valence-corrected chi connectivity index (χ0v) is 11.6. The molecular weight excluding hydrogens is 276 g/mol. The molecule has 1 aliphatic heterocycles. The molecule has 1 unspecified atom stereocenters. The van der Waals surface area contributed by atoms with Crippen LogP contribution in [0, 0.1) is 6.92 Å². The minimum Gasteiger partial charge on any atom is -0.447 e. The number of anilines is 2. The van der Waals surface area contributed by atoms with Gasteiger partial charge in [0.05, 0.1) is 6.54 Å². The van der Waals surface area contributed by atoms with E-state index in [2.05, 4.69) is 25.5 Å². The maximum Gasteiger partial charge on any atom is 0.415 e. The summed E-state index contributed by atoms with van der Waals surface area (Å²) >= 11 is 0.